The lowest BCUT2D eigenvalue weighted by Crippen LogP contribution is -2.41. The maximum atomic E-state index is 5.11. The molecule has 3 heteroatoms. The van der Waals surface area contributed by atoms with Crippen molar-refractivity contribution in [1.29, 1.82) is 0 Å². The summed E-state index contributed by atoms with van der Waals surface area (Å²) in [6.07, 6.45) is 5.79. The second-order valence-electron chi connectivity index (χ2n) is 3.45. The summed E-state index contributed by atoms with van der Waals surface area (Å²) >= 11 is 0. The van der Waals surface area contributed by atoms with Crippen LogP contribution in [0, 0.1) is 5.41 Å². The molecule has 1 aliphatic rings. The molecule has 0 spiro atoms. The van der Waals surface area contributed by atoms with Gasteiger partial charge in [0, 0.05) is 18.6 Å². The molecule has 0 amide bonds. The number of rotatable bonds is 2. The van der Waals surface area contributed by atoms with Crippen molar-refractivity contribution in [1.82, 2.24) is 4.68 Å². The Balaban J connectivity index is 2.02. The standard InChI is InChI=1S/C9H12N2O/c1-9(7-12-8-9)6-10-11-4-2-3-5-11/h2-6H,7-8H2,1H3/b10-6+. The molecule has 0 N–H and O–H groups in total. The van der Waals surface area contributed by atoms with Crippen molar-refractivity contribution in [2.24, 2.45) is 10.5 Å². The van der Waals surface area contributed by atoms with Crippen LogP contribution in [0.25, 0.3) is 0 Å². The van der Waals surface area contributed by atoms with Crippen LogP contribution in [0.2, 0.25) is 0 Å². The second-order valence-corrected chi connectivity index (χ2v) is 3.45. The zero-order chi connectivity index (χ0) is 8.44. The van der Waals surface area contributed by atoms with E-state index in [1.165, 1.54) is 0 Å². The summed E-state index contributed by atoms with van der Waals surface area (Å²) in [4.78, 5) is 0. The van der Waals surface area contributed by atoms with Gasteiger partial charge in [-0.05, 0) is 12.1 Å². The van der Waals surface area contributed by atoms with E-state index in [-0.39, 0.29) is 5.41 Å². The first-order chi connectivity index (χ1) is 5.79. The minimum atomic E-state index is 0.157. The summed E-state index contributed by atoms with van der Waals surface area (Å²) in [7, 11) is 0. The first-order valence-corrected chi connectivity index (χ1v) is 4.05. The Hall–Kier alpha value is -1.09. The smallest absolute Gasteiger partial charge is 0.0592 e. The van der Waals surface area contributed by atoms with Crippen LogP contribution in [0.15, 0.2) is 29.6 Å². The molecule has 0 unspecified atom stereocenters. The fourth-order valence-electron chi connectivity index (χ4n) is 1.11. The predicted octanol–water partition coefficient (Wildman–Crippen LogP) is 1.36. The lowest BCUT2D eigenvalue weighted by atomic mass is 9.91. The molecule has 0 aliphatic carbocycles. The number of hydrogen-bond acceptors (Lipinski definition) is 2. The first kappa shape index (κ1) is 7.55. The van der Waals surface area contributed by atoms with Gasteiger partial charge in [-0.2, -0.15) is 5.10 Å². The summed E-state index contributed by atoms with van der Waals surface area (Å²) in [5.41, 5.74) is 0.157. The van der Waals surface area contributed by atoms with Crippen LogP contribution in [0.4, 0.5) is 0 Å². The molecule has 1 aliphatic heterocycles. The highest BCUT2D eigenvalue weighted by Gasteiger charge is 2.31. The Bertz CT molecular complexity index is 273. The van der Waals surface area contributed by atoms with E-state index in [0.29, 0.717) is 0 Å². The summed E-state index contributed by atoms with van der Waals surface area (Å²) in [5, 5.41) is 4.27. The molecule has 2 heterocycles. The fourth-order valence-corrected chi connectivity index (χ4v) is 1.11. The van der Waals surface area contributed by atoms with Gasteiger partial charge in [0.1, 0.15) is 0 Å². The van der Waals surface area contributed by atoms with Crippen molar-refractivity contribution in [2.75, 3.05) is 13.2 Å². The largest absolute Gasteiger partial charge is 0.379 e. The third-order valence-corrected chi connectivity index (χ3v) is 1.96. The van der Waals surface area contributed by atoms with Gasteiger partial charge >= 0.3 is 0 Å². The van der Waals surface area contributed by atoms with Crippen molar-refractivity contribution in [2.45, 2.75) is 6.92 Å². The molecule has 3 nitrogen and oxygen atoms in total. The van der Waals surface area contributed by atoms with Crippen molar-refractivity contribution in [3.63, 3.8) is 0 Å². The molecule has 0 saturated carbocycles. The number of nitrogens with zero attached hydrogens (tertiary/aromatic N) is 2. The molecule has 64 valence electrons. The monoisotopic (exact) mass is 164 g/mol. The van der Waals surface area contributed by atoms with Crippen LogP contribution >= 0.6 is 0 Å². The Morgan fingerprint density at radius 1 is 1.42 bits per heavy atom. The maximum absolute atomic E-state index is 5.11. The van der Waals surface area contributed by atoms with Gasteiger partial charge in [-0.1, -0.05) is 6.92 Å². The van der Waals surface area contributed by atoms with Gasteiger partial charge in [-0.25, -0.2) is 4.68 Å². The summed E-state index contributed by atoms with van der Waals surface area (Å²) in [6, 6.07) is 3.91. The molecule has 0 atom stereocenters. The van der Waals surface area contributed by atoms with Crippen LogP contribution in [0.5, 0.6) is 0 Å². The van der Waals surface area contributed by atoms with Crippen LogP contribution in [-0.2, 0) is 4.74 Å². The average Bonchev–Trinajstić information content (AvgIpc) is 2.49. The molecule has 2 rings (SSSR count). The molecular weight excluding hydrogens is 152 g/mol. The molecule has 12 heavy (non-hydrogen) atoms. The topological polar surface area (TPSA) is 26.5 Å². The van der Waals surface area contributed by atoms with E-state index >= 15 is 0 Å². The normalized spacial score (nSPS) is 21.1. The van der Waals surface area contributed by atoms with Crippen LogP contribution in [0.1, 0.15) is 6.92 Å². The van der Waals surface area contributed by atoms with E-state index in [1.807, 2.05) is 30.7 Å². The molecule has 1 saturated heterocycles. The highest BCUT2D eigenvalue weighted by molar-refractivity contribution is 5.66. The van der Waals surface area contributed by atoms with Gasteiger partial charge in [0.05, 0.1) is 18.6 Å². The van der Waals surface area contributed by atoms with Crippen LogP contribution in [0.3, 0.4) is 0 Å². The van der Waals surface area contributed by atoms with Crippen molar-refractivity contribution in [3.8, 4) is 0 Å². The van der Waals surface area contributed by atoms with Gasteiger partial charge in [0.15, 0.2) is 0 Å². The molecular formula is C9H12N2O. The minimum Gasteiger partial charge on any atom is -0.379 e. The second kappa shape index (κ2) is 2.75. The van der Waals surface area contributed by atoms with E-state index < -0.39 is 0 Å². The predicted molar refractivity (Wildman–Crippen MR) is 47.2 cm³/mol. The van der Waals surface area contributed by atoms with E-state index in [0.717, 1.165) is 13.2 Å². The average molecular weight is 164 g/mol. The lowest BCUT2D eigenvalue weighted by molar-refractivity contribution is -0.0556. The highest BCUT2D eigenvalue weighted by Crippen LogP contribution is 2.23. The third kappa shape index (κ3) is 1.41. The first-order valence-electron chi connectivity index (χ1n) is 4.05. The Labute approximate surface area is 71.6 Å². The van der Waals surface area contributed by atoms with Crippen LogP contribution in [-0.4, -0.2) is 24.1 Å². The molecule has 0 radical (unpaired) electrons. The number of hydrogen-bond donors (Lipinski definition) is 0. The molecule has 1 fully saturated rings. The summed E-state index contributed by atoms with van der Waals surface area (Å²) < 4.78 is 6.90. The van der Waals surface area contributed by atoms with Crippen molar-refractivity contribution in [3.05, 3.63) is 24.5 Å². The quantitative estimate of drug-likeness (QED) is 0.606. The summed E-state index contributed by atoms with van der Waals surface area (Å²) in [5.74, 6) is 0. The number of ether oxygens (including phenoxy) is 1. The van der Waals surface area contributed by atoms with Crippen LogP contribution < -0.4 is 0 Å². The zero-order valence-corrected chi connectivity index (χ0v) is 7.10. The van der Waals surface area contributed by atoms with Gasteiger partial charge in [-0.15, -0.1) is 0 Å². The van der Waals surface area contributed by atoms with Gasteiger partial charge in [-0.3, -0.25) is 0 Å². The number of aromatic nitrogens is 1. The van der Waals surface area contributed by atoms with E-state index in [2.05, 4.69) is 12.0 Å². The molecule has 1 aromatic heterocycles. The molecule has 0 bridgehead atoms. The SMILES string of the molecule is CC1(/C=N/n2cccc2)COC1. The van der Waals surface area contributed by atoms with E-state index in [4.69, 9.17) is 4.74 Å². The minimum absolute atomic E-state index is 0.157. The molecule has 1 aromatic rings. The highest BCUT2D eigenvalue weighted by atomic mass is 16.5. The van der Waals surface area contributed by atoms with Crippen molar-refractivity contribution < 1.29 is 4.74 Å². The lowest BCUT2D eigenvalue weighted by Gasteiger charge is -2.33. The zero-order valence-electron chi connectivity index (χ0n) is 7.10. The Kier molecular flexibility index (Phi) is 1.73. The van der Waals surface area contributed by atoms with Crippen molar-refractivity contribution >= 4 is 6.21 Å². The van der Waals surface area contributed by atoms with Gasteiger partial charge in [0.25, 0.3) is 0 Å². The Morgan fingerprint density at radius 2 is 2.08 bits per heavy atom. The third-order valence-electron chi connectivity index (χ3n) is 1.96. The fraction of sp³-hybridized carbons (Fsp3) is 0.444. The maximum Gasteiger partial charge on any atom is 0.0592 e. The van der Waals surface area contributed by atoms with E-state index in [1.54, 1.807) is 4.68 Å². The molecule has 0 aromatic carbocycles. The van der Waals surface area contributed by atoms with E-state index in [9.17, 15) is 0 Å². The summed E-state index contributed by atoms with van der Waals surface area (Å²) in [6.45, 7) is 3.72. The Morgan fingerprint density at radius 3 is 2.58 bits per heavy atom. The van der Waals surface area contributed by atoms with Gasteiger partial charge in [0.2, 0.25) is 0 Å². The van der Waals surface area contributed by atoms with Gasteiger partial charge < -0.3 is 4.74 Å².